The van der Waals surface area contributed by atoms with Crippen LogP contribution in [0, 0.1) is 0 Å². The Morgan fingerprint density at radius 2 is 1.56 bits per heavy atom. The molecule has 0 bridgehead atoms. The van der Waals surface area contributed by atoms with Gasteiger partial charge in [-0.3, -0.25) is 0 Å². The summed E-state index contributed by atoms with van der Waals surface area (Å²) in [5.41, 5.74) is -2.35. The first-order chi connectivity index (χ1) is 12.2. The van der Waals surface area contributed by atoms with Crippen molar-refractivity contribution in [1.82, 2.24) is 0 Å². The van der Waals surface area contributed by atoms with Gasteiger partial charge in [0.15, 0.2) is 31.0 Å². The SMILES string of the molecule is CC(C)OC1=C(OC(C)C)C(O)(c2cccs2)C1(C)O[Si](C)(C)C(C)(C)C. The molecule has 0 spiro atoms. The van der Waals surface area contributed by atoms with Crippen molar-refractivity contribution >= 4 is 19.7 Å². The van der Waals surface area contributed by atoms with Gasteiger partial charge in [-0.05, 0) is 64.2 Å². The molecule has 1 aromatic heterocycles. The van der Waals surface area contributed by atoms with Crippen molar-refractivity contribution < 1.29 is 19.0 Å². The molecule has 2 atom stereocenters. The van der Waals surface area contributed by atoms with Gasteiger partial charge >= 0.3 is 0 Å². The molecular weight excluding hydrogens is 376 g/mol. The van der Waals surface area contributed by atoms with E-state index in [1.807, 2.05) is 52.1 Å². The Hall–Kier alpha value is -0.823. The van der Waals surface area contributed by atoms with E-state index in [-0.39, 0.29) is 17.2 Å². The molecule has 0 saturated heterocycles. The predicted octanol–water partition coefficient (Wildman–Crippen LogP) is 5.79. The molecule has 0 saturated carbocycles. The lowest BCUT2D eigenvalue weighted by Gasteiger charge is -2.57. The smallest absolute Gasteiger partial charge is 0.194 e. The standard InChI is InChI=1S/C21H36O4SSi/c1-14(2)23-17-18(24-15(3)4)21(22,16-12-11-13-26-16)20(17,8)25-27(9,10)19(5,6)7/h11-15,22H,1-10H3. The molecule has 0 radical (unpaired) electrons. The number of rotatable bonds is 7. The van der Waals surface area contributed by atoms with Crippen molar-refractivity contribution in [3.63, 3.8) is 0 Å². The second-order valence-corrected chi connectivity index (χ2v) is 15.2. The van der Waals surface area contributed by atoms with Crippen LogP contribution in [0.25, 0.3) is 0 Å². The van der Waals surface area contributed by atoms with Crippen LogP contribution in [0.2, 0.25) is 18.1 Å². The van der Waals surface area contributed by atoms with E-state index in [4.69, 9.17) is 13.9 Å². The largest absolute Gasteiger partial charge is 0.489 e. The molecular formula is C21H36O4SSi. The Bertz CT molecular complexity index is 688. The van der Waals surface area contributed by atoms with Gasteiger partial charge in [-0.15, -0.1) is 11.3 Å². The summed E-state index contributed by atoms with van der Waals surface area (Å²) >= 11 is 1.51. The molecule has 2 rings (SSSR count). The van der Waals surface area contributed by atoms with Crippen LogP contribution >= 0.6 is 11.3 Å². The number of aliphatic hydroxyl groups is 1. The van der Waals surface area contributed by atoms with Gasteiger partial charge in [0.1, 0.15) is 0 Å². The summed E-state index contributed by atoms with van der Waals surface area (Å²) in [7, 11) is -2.20. The zero-order chi connectivity index (χ0) is 20.8. The summed E-state index contributed by atoms with van der Waals surface area (Å²) in [5.74, 6) is 1.10. The van der Waals surface area contributed by atoms with E-state index in [1.165, 1.54) is 11.3 Å². The number of ether oxygens (including phenoxy) is 2. The van der Waals surface area contributed by atoms with Crippen LogP contribution in [0.3, 0.4) is 0 Å². The Labute approximate surface area is 169 Å². The van der Waals surface area contributed by atoms with Crippen LogP contribution in [0.1, 0.15) is 60.3 Å². The highest BCUT2D eigenvalue weighted by molar-refractivity contribution is 7.10. The lowest BCUT2D eigenvalue weighted by Crippen LogP contribution is -2.67. The first kappa shape index (κ1) is 22.5. The van der Waals surface area contributed by atoms with E-state index in [9.17, 15) is 5.11 Å². The van der Waals surface area contributed by atoms with Crippen LogP contribution in [0.5, 0.6) is 0 Å². The quantitative estimate of drug-likeness (QED) is 0.576. The first-order valence-electron chi connectivity index (χ1n) is 9.72. The molecule has 154 valence electrons. The average molecular weight is 413 g/mol. The van der Waals surface area contributed by atoms with E-state index in [0.717, 1.165) is 4.88 Å². The highest BCUT2D eigenvalue weighted by atomic mass is 32.1. The van der Waals surface area contributed by atoms with Gasteiger partial charge < -0.3 is 19.0 Å². The first-order valence-corrected chi connectivity index (χ1v) is 13.5. The third-order valence-corrected chi connectivity index (χ3v) is 11.0. The lowest BCUT2D eigenvalue weighted by atomic mass is 9.69. The summed E-state index contributed by atoms with van der Waals surface area (Å²) in [6.45, 7) is 20.8. The molecule has 27 heavy (non-hydrogen) atoms. The van der Waals surface area contributed by atoms with E-state index < -0.39 is 19.5 Å². The van der Waals surface area contributed by atoms with Crippen LogP contribution in [0.15, 0.2) is 29.0 Å². The van der Waals surface area contributed by atoms with Gasteiger partial charge in [0.2, 0.25) is 0 Å². The van der Waals surface area contributed by atoms with Gasteiger partial charge in [-0.1, -0.05) is 26.8 Å². The van der Waals surface area contributed by atoms with Gasteiger partial charge in [0, 0.05) is 4.88 Å². The van der Waals surface area contributed by atoms with Gasteiger partial charge in [-0.2, -0.15) is 0 Å². The molecule has 0 amide bonds. The molecule has 4 nitrogen and oxygen atoms in total. The minimum atomic E-state index is -2.20. The van der Waals surface area contributed by atoms with Crippen molar-refractivity contribution in [2.75, 3.05) is 0 Å². The Morgan fingerprint density at radius 1 is 1.04 bits per heavy atom. The summed E-state index contributed by atoms with van der Waals surface area (Å²) in [6, 6.07) is 3.88. The van der Waals surface area contributed by atoms with Crippen molar-refractivity contribution in [2.45, 2.75) is 96.9 Å². The summed E-state index contributed by atoms with van der Waals surface area (Å²) in [5, 5.41) is 13.9. The zero-order valence-electron chi connectivity index (χ0n) is 18.5. The van der Waals surface area contributed by atoms with E-state index in [0.29, 0.717) is 11.5 Å². The Balaban J connectivity index is 2.64. The topological polar surface area (TPSA) is 47.9 Å². The fourth-order valence-corrected chi connectivity index (χ4v) is 5.58. The van der Waals surface area contributed by atoms with Crippen LogP contribution in [0.4, 0.5) is 0 Å². The van der Waals surface area contributed by atoms with E-state index in [1.54, 1.807) is 0 Å². The highest BCUT2D eigenvalue weighted by Crippen LogP contribution is 2.60. The molecule has 0 fully saturated rings. The predicted molar refractivity (Wildman–Crippen MR) is 114 cm³/mol. The summed E-state index contributed by atoms with van der Waals surface area (Å²) < 4.78 is 19.1. The van der Waals surface area contributed by atoms with Gasteiger partial charge in [-0.25, -0.2) is 0 Å². The second kappa shape index (κ2) is 7.21. The Kier molecular flexibility index (Phi) is 6.00. The van der Waals surface area contributed by atoms with Crippen molar-refractivity contribution in [1.29, 1.82) is 0 Å². The number of hydrogen-bond acceptors (Lipinski definition) is 5. The van der Waals surface area contributed by atoms with Crippen LogP contribution < -0.4 is 0 Å². The second-order valence-electron chi connectivity index (χ2n) is 9.57. The van der Waals surface area contributed by atoms with Crippen molar-refractivity contribution in [3.05, 3.63) is 33.9 Å². The van der Waals surface area contributed by atoms with Crippen LogP contribution in [-0.2, 0) is 19.5 Å². The molecule has 0 aliphatic heterocycles. The number of hydrogen-bond donors (Lipinski definition) is 1. The summed E-state index contributed by atoms with van der Waals surface area (Å²) in [6.07, 6.45) is -0.115. The molecule has 1 N–H and O–H groups in total. The van der Waals surface area contributed by atoms with E-state index >= 15 is 0 Å². The van der Waals surface area contributed by atoms with Crippen molar-refractivity contribution in [2.24, 2.45) is 0 Å². The lowest BCUT2D eigenvalue weighted by molar-refractivity contribution is -0.195. The normalized spacial score (nSPS) is 26.6. The minimum absolute atomic E-state index is 0.00394. The fourth-order valence-electron chi connectivity index (χ4n) is 3.09. The maximum Gasteiger partial charge on any atom is 0.194 e. The number of thiophene rings is 1. The molecule has 2 unspecified atom stereocenters. The van der Waals surface area contributed by atoms with Crippen LogP contribution in [-0.4, -0.2) is 31.2 Å². The molecule has 1 aliphatic rings. The van der Waals surface area contributed by atoms with Crippen molar-refractivity contribution in [3.8, 4) is 0 Å². The van der Waals surface area contributed by atoms with Gasteiger partial charge in [0.05, 0.1) is 12.2 Å². The molecule has 6 heteroatoms. The molecule has 1 heterocycles. The molecule has 1 aliphatic carbocycles. The monoisotopic (exact) mass is 412 g/mol. The van der Waals surface area contributed by atoms with Gasteiger partial charge in [0.25, 0.3) is 0 Å². The van der Waals surface area contributed by atoms with E-state index in [2.05, 4.69) is 33.9 Å². The third-order valence-electron chi connectivity index (χ3n) is 5.51. The summed E-state index contributed by atoms with van der Waals surface area (Å²) in [4.78, 5) is 0.815. The minimum Gasteiger partial charge on any atom is -0.489 e. The molecule has 0 aromatic carbocycles. The molecule has 1 aromatic rings. The fraction of sp³-hybridized carbons (Fsp3) is 0.714. The maximum atomic E-state index is 12.0. The zero-order valence-corrected chi connectivity index (χ0v) is 20.3. The average Bonchev–Trinajstić information content (AvgIpc) is 3.02. The third kappa shape index (κ3) is 3.73. The Morgan fingerprint density at radius 3 is 1.96 bits per heavy atom. The maximum absolute atomic E-state index is 12.0. The highest BCUT2D eigenvalue weighted by Gasteiger charge is 2.70.